The van der Waals surface area contributed by atoms with Gasteiger partial charge in [-0.2, -0.15) is 20.5 Å². The second kappa shape index (κ2) is 7.52. The molecule has 9 nitrogen and oxygen atoms in total. The maximum atomic E-state index is 14.8. The van der Waals surface area contributed by atoms with Crippen LogP contribution in [0.2, 0.25) is 0 Å². The molecule has 10 heteroatoms. The number of H-pyrrole nitrogens is 1. The lowest BCUT2D eigenvalue weighted by molar-refractivity contribution is -0.129. The highest BCUT2D eigenvalue weighted by Gasteiger charge is 2.30. The zero-order valence-corrected chi connectivity index (χ0v) is 16.6. The zero-order valence-electron chi connectivity index (χ0n) is 16.6. The fraction of sp³-hybridized carbons (Fsp3) is 0.400. The number of hydrogen-bond acceptors (Lipinski definition) is 6. The summed E-state index contributed by atoms with van der Waals surface area (Å²) in [7, 11) is 0. The van der Waals surface area contributed by atoms with Gasteiger partial charge in [0.2, 0.25) is 5.91 Å². The number of ether oxygens (including phenoxy) is 1. The van der Waals surface area contributed by atoms with E-state index in [0.717, 1.165) is 17.7 Å². The first-order valence-corrected chi connectivity index (χ1v) is 9.96. The Morgan fingerprint density at radius 1 is 1.40 bits per heavy atom. The van der Waals surface area contributed by atoms with Gasteiger partial charge in [0.1, 0.15) is 11.5 Å². The number of nitrogens with one attached hydrogen (secondary N) is 2. The van der Waals surface area contributed by atoms with Crippen molar-refractivity contribution in [1.82, 2.24) is 30.1 Å². The minimum absolute atomic E-state index is 0.0201. The fourth-order valence-electron chi connectivity index (χ4n) is 4.08. The Kier molecular flexibility index (Phi) is 4.70. The summed E-state index contributed by atoms with van der Waals surface area (Å²) in [4.78, 5) is 13.7. The molecule has 2 aliphatic heterocycles. The van der Waals surface area contributed by atoms with Gasteiger partial charge in [-0.1, -0.05) is 6.07 Å². The Labute approximate surface area is 172 Å². The van der Waals surface area contributed by atoms with Crippen LogP contribution in [0, 0.1) is 5.82 Å². The van der Waals surface area contributed by atoms with Gasteiger partial charge in [-0.3, -0.25) is 9.48 Å². The Morgan fingerprint density at radius 2 is 2.30 bits per heavy atom. The smallest absolute Gasteiger partial charge is 0.219 e. The van der Waals surface area contributed by atoms with Crippen molar-refractivity contribution in [3.05, 3.63) is 41.5 Å². The van der Waals surface area contributed by atoms with Gasteiger partial charge in [0.25, 0.3) is 0 Å². The molecule has 0 aliphatic carbocycles. The quantitative estimate of drug-likeness (QED) is 0.684. The lowest BCUT2D eigenvalue weighted by atomic mass is 10.1. The van der Waals surface area contributed by atoms with Crippen LogP contribution in [0.4, 0.5) is 15.9 Å². The minimum atomic E-state index is -0.415. The van der Waals surface area contributed by atoms with E-state index in [4.69, 9.17) is 9.84 Å². The number of anilines is 2. The number of amides is 1. The topological polar surface area (TPSA) is 101 Å². The SMILES string of the molecule is CC(=O)N1CCc2c(c(Nc3ccc(-c4cn[nH]n4)cc3F)nn2C2CCOC2)C1. The molecule has 1 fully saturated rings. The van der Waals surface area contributed by atoms with Crippen molar-refractivity contribution < 1.29 is 13.9 Å². The van der Waals surface area contributed by atoms with Crippen LogP contribution in [0.3, 0.4) is 0 Å². The maximum Gasteiger partial charge on any atom is 0.219 e. The zero-order chi connectivity index (χ0) is 20.7. The summed E-state index contributed by atoms with van der Waals surface area (Å²) in [5.74, 6) is 0.185. The highest BCUT2D eigenvalue weighted by molar-refractivity contribution is 5.74. The summed E-state index contributed by atoms with van der Waals surface area (Å²) in [6.45, 7) is 4.00. The molecule has 1 atom stereocenters. The monoisotopic (exact) mass is 411 g/mol. The highest BCUT2D eigenvalue weighted by atomic mass is 19.1. The minimum Gasteiger partial charge on any atom is -0.379 e. The number of halogens is 1. The third-order valence-corrected chi connectivity index (χ3v) is 5.72. The third-order valence-electron chi connectivity index (χ3n) is 5.72. The van der Waals surface area contributed by atoms with Crippen molar-refractivity contribution in [2.75, 3.05) is 25.1 Å². The molecule has 2 aliphatic rings. The first kappa shape index (κ1) is 18.7. The van der Waals surface area contributed by atoms with Crippen LogP contribution in [0.15, 0.2) is 24.4 Å². The van der Waals surface area contributed by atoms with E-state index in [-0.39, 0.29) is 11.9 Å². The number of carbonyl (C=O) groups is 1. The van der Waals surface area contributed by atoms with Crippen molar-refractivity contribution >= 4 is 17.4 Å². The number of hydrogen-bond donors (Lipinski definition) is 2. The van der Waals surface area contributed by atoms with Crippen LogP contribution in [0.1, 0.15) is 30.6 Å². The average molecular weight is 411 g/mol. The molecule has 0 spiro atoms. The molecular weight excluding hydrogens is 389 g/mol. The Balaban J connectivity index is 1.49. The summed E-state index contributed by atoms with van der Waals surface area (Å²) >= 11 is 0. The van der Waals surface area contributed by atoms with E-state index in [9.17, 15) is 9.18 Å². The third kappa shape index (κ3) is 3.32. The van der Waals surface area contributed by atoms with Crippen LogP contribution in [0.25, 0.3) is 11.3 Å². The predicted molar refractivity (Wildman–Crippen MR) is 107 cm³/mol. The van der Waals surface area contributed by atoms with E-state index in [0.29, 0.717) is 55.5 Å². The van der Waals surface area contributed by atoms with E-state index in [1.54, 1.807) is 30.2 Å². The fourth-order valence-corrected chi connectivity index (χ4v) is 4.08. The Hall–Kier alpha value is -3.27. The van der Waals surface area contributed by atoms with Crippen molar-refractivity contribution in [1.29, 1.82) is 0 Å². The lowest BCUT2D eigenvalue weighted by Gasteiger charge is -2.27. The first-order chi connectivity index (χ1) is 14.6. The average Bonchev–Trinajstić information content (AvgIpc) is 3.50. The summed E-state index contributed by atoms with van der Waals surface area (Å²) in [5, 5.41) is 18.2. The molecular formula is C20H22FN7O2. The van der Waals surface area contributed by atoms with Crippen LogP contribution in [0.5, 0.6) is 0 Å². The van der Waals surface area contributed by atoms with Gasteiger partial charge in [-0.15, -0.1) is 0 Å². The number of rotatable bonds is 4. The molecule has 1 saturated heterocycles. The second-order valence-electron chi connectivity index (χ2n) is 7.60. The molecule has 4 heterocycles. The van der Waals surface area contributed by atoms with Gasteiger partial charge < -0.3 is 15.0 Å². The molecule has 30 heavy (non-hydrogen) atoms. The molecule has 1 unspecified atom stereocenters. The molecule has 2 N–H and O–H groups in total. The van der Waals surface area contributed by atoms with Crippen LogP contribution in [-0.2, 0) is 22.5 Å². The summed E-state index contributed by atoms with van der Waals surface area (Å²) in [5.41, 5.74) is 3.54. The highest BCUT2D eigenvalue weighted by Crippen LogP contribution is 2.33. The molecule has 156 valence electrons. The maximum absolute atomic E-state index is 14.8. The number of fused-ring (bicyclic) bond motifs is 1. The van der Waals surface area contributed by atoms with E-state index < -0.39 is 5.82 Å². The van der Waals surface area contributed by atoms with Gasteiger partial charge in [-0.25, -0.2) is 4.39 Å². The van der Waals surface area contributed by atoms with Crippen LogP contribution in [-0.4, -0.2) is 55.8 Å². The molecule has 5 rings (SSSR count). The van der Waals surface area contributed by atoms with Crippen LogP contribution < -0.4 is 5.32 Å². The number of nitrogens with zero attached hydrogens (tertiary/aromatic N) is 5. The van der Waals surface area contributed by atoms with Crippen molar-refractivity contribution in [2.24, 2.45) is 0 Å². The molecule has 2 aromatic heterocycles. The van der Waals surface area contributed by atoms with E-state index in [2.05, 4.69) is 20.7 Å². The number of carbonyl (C=O) groups excluding carboxylic acids is 1. The number of aromatic amines is 1. The van der Waals surface area contributed by atoms with Gasteiger partial charge in [-0.05, 0) is 18.6 Å². The summed E-state index contributed by atoms with van der Waals surface area (Å²) in [6, 6.07) is 5.02. The largest absolute Gasteiger partial charge is 0.379 e. The summed E-state index contributed by atoms with van der Waals surface area (Å²) < 4.78 is 22.4. The van der Waals surface area contributed by atoms with Gasteiger partial charge in [0.05, 0.1) is 31.1 Å². The van der Waals surface area contributed by atoms with E-state index in [1.807, 2.05) is 4.68 Å². The Bertz CT molecular complexity index is 1070. The molecule has 1 amide bonds. The predicted octanol–water partition coefficient (Wildman–Crippen LogP) is 2.42. The molecule has 0 saturated carbocycles. The molecule has 0 radical (unpaired) electrons. The summed E-state index contributed by atoms with van der Waals surface area (Å²) in [6.07, 6.45) is 3.15. The molecule has 3 aromatic rings. The van der Waals surface area contributed by atoms with E-state index >= 15 is 0 Å². The van der Waals surface area contributed by atoms with Crippen molar-refractivity contribution in [3.8, 4) is 11.3 Å². The van der Waals surface area contributed by atoms with Gasteiger partial charge >= 0.3 is 0 Å². The normalized spacial score (nSPS) is 18.5. The molecule has 1 aromatic carbocycles. The number of aromatic nitrogens is 5. The van der Waals surface area contributed by atoms with Gasteiger partial charge in [0.15, 0.2) is 5.82 Å². The molecule has 0 bridgehead atoms. The Morgan fingerprint density at radius 3 is 3.00 bits per heavy atom. The second-order valence-corrected chi connectivity index (χ2v) is 7.60. The van der Waals surface area contributed by atoms with Crippen molar-refractivity contribution in [3.63, 3.8) is 0 Å². The lowest BCUT2D eigenvalue weighted by Crippen LogP contribution is -2.35. The van der Waals surface area contributed by atoms with Gasteiger partial charge in [0, 0.05) is 43.3 Å². The standard InChI is InChI=1S/C20H22FN7O2/c1-12(29)27-6-4-19-15(10-27)20(25-28(19)14-5-7-30-11-14)23-17-3-2-13(8-16(17)21)18-9-22-26-24-18/h2-3,8-9,14H,4-7,10-11H2,1H3,(H,23,25)(H,22,24,26). The van der Waals surface area contributed by atoms with Crippen molar-refractivity contribution in [2.45, 2.75) is 32.4 Å². The number of benzene rings is 1. The van der Waals surface area contributed by atoms with E-state index in [1.165, 1.54) is 6.07 Å². The van der Waals surface area contributed by atoms with Crippen LogP contribution >= 0.6 is 0 Å². The first-order valence-electron chi connectivity index (χ1n) is 9.96.